The van der Waals surface area contributed by atoms with Crippen molar-refractivity contribution < 1.29 is 19.5 Å². The zero-order chi connectivity index (χ0) is 27.9. The number of Topliss-reactive ketones (excluding diaryl/α,β-unsaturated/α-hetero) is 1. The third kappa shape index (κ3) is 4.97. The molecule has 2 fully saturated rings. The zero-order valence-electron chi connectivity index (χ0n) is 22.7. The van der Waals surface area contributed by atoms with Gasteiger partial charge >= 0.3 is 0 Å². The molecular weight excluding hydrogens is 514 g/mol. The lowest BCUT2D eigenvalue weighted by Crippen LogP contribution is -2.44. The first kappa shape index (κ1) is 27.4. The number of ketones is 1. The second kappa shape index (κ2) is 10.8. The molecule has 0 aliphatic heterocycles. The number of hydrogen-bond donors (Lipinski definition) is 2. The van der Waals surface area contributed by atoms with Crippen molar-refractivity contribution in [1.29, 1.82) is 0 Å². The van der Waals surface area contributed by atoms with Crippen molar-refractivity contribution in [2.75, 3.05) is 19.4 Å². The molecule has 2 saturated carbocycles. The van der Waals surface area contributed by atoms with Crippen LogP contribution in [0.15, 0.2) is 48.4 Å². The number of aryl methyl sites for hydroxylation is 1. The second-order valence-electron chi connectivity index (χ2n) is 11.7. The summed E-state index contributed by atoms with van der Waals surface area (Å²) < 4.78 is 0. The van der Waals surface area contributed by atoms with Crippen molar-refractivity contribution in [3.63, 3.8) is 0 Å². The van der Waals surface area contributed by atoms with Gasteiger partial charge in [0.25, 0.3) is 5.91 Å². The standard InChI is InChI=1S/C31H36ClN3O4/c1-31-14-13-22-21-11-9-20(32)15-18(21)7-10-24(22)28(31)23(25(17-36)29(31)38)5-4-6-27(37)34-26-12-8-19(16-33-26)30(39)35(2)3/h8-9,11-12,15-17,22-24,28,36H,4-7,10,13-14H2,1-3H3,(H,33,34,37)/b25-17-/t22?,23-,24?,28?,31+/m1/s1. The van der Waals surface area contributed by atoms with Gasteiger partial charge in [0.1, 0.15) is 5.82 Å². The van der Waals surface area contributed by atoms with Gasteiger partial charge in [0.05, 0.1) is 11.8 Å². The summed E-state index contributed by atoms with van der Waals surface area (Å²) in [5, 5.41) is 13.7. The molecule has 39 heavy (non-hydrogen) atoms. The first-order chi connectivity index (χ1) is 18.6. The number of amides is 2. The van der Waals surface area contributed by atoms with Crippen LogP contribution in [-0.2, 0) is 16.0 Å². The highest BCUT2D eigenvalue weighted by Gasteiger charge is 2.60. The average molecular weight is 550 g/mol. The molecule has 1 heterocycles. The molecule has 2 amide bonds. The number of benzene rings is 1. The van der Waals surface area contributed by atoms with Crippen molar-refractivity contribution in [2.45, 2.75) is 57.8 Å². The molecule has 8 heteroatoms. The largest absolute Gasteiger partial charge is 0.515 e. The van der Waals surface area contributed by atoms with Crippen LogP contribution in [0.5, 0.6) is 0 Å². The topological polar surface area (TPSA) is 99.6 Å². The predicted molar refractivity (Wildman–Crippen MR) is 151 cm³/mol. The molecule has 0 radical (unpaired) electrons. The summed E-state index contributed by atoms with van der Waals surface area (Å²) >= 11 is 6.28. The molecule has 206 valence electrons. The van der Waals surface area contributed by atoms with Gasteiger partial charge in [-0.25, -0.2) is 4.98 Å². The van der Waals surface area contributed by atoms with E-state index in [1.165, 1.54) is 22.2 Å². The number of aliphatic hydroxyl groups excluding tert-OH is 1. The van der Waals surface area contributed by atoms with Crippen LogP contribution in [0.2, 0.25) is 5.02 Å². The lowest BCUT2D eigenvalue weighted by Gasteiger charge is -2.49. The van der Waals surface area contributed by atoms with E-state index < -0.39 is 5.41 Å². The molecule has 1 aromatic heterocycles. The van der Waals surface area contributed by atoms with Crippen LogP contribution >= 0.6 is 11.6 Å². The van der Waals surface area contributed by atoms with Gasteiger partial charge in [0.2, 0.25) is 5.91 Å². The molecule has 3 aliphatic rings. The molecule has 1 aromatic carbocycles. The third-order valence-electron chi connectivity index (χ3n) is 9.30. The lowest BCUT2D eigenvalue weighted by atomic mass is 9.54. The van der Waals surface area contributed by atoms with Crippen LogP contribution in [-0.4, -0.2) is 46.7 Å². The quantitative estimate of drug-likeness (QED) is 0.342. The maximum atomic E-state index is 13.6. The fraction of sp³-hybridized carbons (Fsp3) is 0.484. The summed E-state index contributed by atoms with van der Waals surface area (Å²) in [7, 11) is 3.35. The van der Waals surface area contributed by atoms with E-state index >= 15 is 0 Å². The van der Waals surface area contributed by atoms with Gasteiger partial charge in [-0.1, -0.05) is 24.6 Å². The minimum absolute atomic E-state index is 0.0707. The number of nitrogens with zero attached hydrogens (tertiary/aromatic N) is 2. The highest BCUT2D eigenvalue weighted by molar-refractivity contribution is 6.30. The van der Waals surface area contributed by atoms with E-state index in [2.05, 4.69) is 29.4 Å². The van der Waals surface area contributed by atoms with Crippen molar-refractivity contribution >= 4 is 35.0 Å². The Bertz CT molecular complexity index is 1320. The molecule has 0 bridgehead atoms. The number of anilines is 1. The SMILES string of the molecule is CN(C)C(=O)c1ccc(NC(=O)CCC[C@@H]2/C(=C/O)C(=O)[C@@]3(C)CCC4c5ccc(Cl)cc5CCC4C23)nc1. The van der Waals surface area contributed by atoms with Gasteiger partial charge in [-0.15, -0.1) is 0 Å². The summed E-state index contributed by atoms with van der Waals surface area (Å²) in [5.74, 6) is 0.947. The van der Waals surface area contributed by atoms with E-state index in [1.54, 1.807) is 26.2 Å². The van der Waals surface area contributed by atoms with Gasteiger partial charge in [0.15, 0.2) is 5.78 Å². The smallest absolute Gasteiger partial charge is 0.254 e. The van der Waals surface area contributed by atoms with E-state index in [4.69, 9.17) is 11.6 Å². The number of halogens is 1. The summed E-state index contributed by atoms with van der Waals surface area (Å²) in [6.45, 7) is 2.08. The maximum absolute atomic E-state index is 13.6. The van der Waals surface area contributed by atoms with E-state index in [0.29, 0.717) is 41.6 Å². The van der Waals surface area contributed by atoms with Gasteiger partial charge in [-0.2, -0.15) is 0 Å². The van der Waals surface area contributed by atoms with E-state index in [0.717, 1.165) is 37.0 Å². The highest BCUT2D eigenvalue weighted by Crippen LogP contribution is 2.63. The Labute approximate surface area is 234 Å². The van der Waals surface area contributed by atoms with Crippen LogP contribution in [0.25, 0.3) is 0 Å². The minimum Gasteiger partial charge on any atom is -0.515 e. The predicted octanol–water partition coefficient (Wildman–Crippen LogP) is 5.95. The van der Waals surface area contributed by atoms with E-state index in [-0.39, 0.29) is 35.9 Å². The van der Waals surface area contributed by atoms with Crippen LogP contribution in [0.4, 0.5) is 5.82 Å². The summed E-state index contributed by atoms with van der Waals surface area (Å²) in [5.41, 5.74) is 3.16. The molecule has 2 N–H and O–H groups in total. The Hall–Kier alpha value is -3.19. The molecule has 5 atom stereocenters. The summed E-state index contributed by atoms with van der Waals surface area (Å²) in [6, 6.07) is 9.47. The molecule has 0 saturated heterocycles. The molecule has 3 unspecified atom stereocenters. The van der Waals surface area contributed by atoms with Gasteiger partial charge in [-0.3, -0.25) is 14.4 Å². The zero-order valence-corrected chi connectivity index (χ0v) is 23.5. The molecule has 0 spiro atoms. The Balaban J connectivity index is 1.27. The van der Waals surface area contributed by atoms with Gasteiger partial charge in [-0.05, 0) is 97.6 Å². The number of pyridine rings is 1. The highest BCUT2D eigenvalue weighted by atomic mass is 35.5. The van der Waals surface area contributed by atoms with Crippen molar-refractivity contribution in [2.24, 2.45) is 23.2 Å². The van der Waals surface area contributed by atoms with Crippen LogP contribution in [0, 0.1) is 23.2 Å². The van der Waals surface area contributed by atoms with Crippen molar-refractivity contribution in [1.82, 2.24) is 9.88 Å². The number of carbonyl (C=O) groups excluding carboxylic acids is 3. The van der Waals surface area contributed by atoms with Gasteiger partial charge < -0.3 is 15.3 Å². The fourth-order valence-electron chi connectivity index (χ4n) is 7.53. The monoisotopic (exact) mass is 549 g/mol. The first-order valence-electron chi connectivity index (χ1n) is 13.8. The molecular formula is C31H36ClN3O4. The number of nitrogens with one attached hydrogen (secondary N) is 1. The number of aliphatic hydroxyl groups is 1. The Morgan fingerprint density at radius 2 is 2.03 bits per heavy atom. The molecule has 5 rings (SSSR count). The Morgan fingerprint density at radius 3 is 2.72 bits per heavy atom. The van der Waals surface area contributed by atoms with Crippen molar-refractivity contribution in [3.05, 3.63) is 70.1 Å². The first-order valence-corrected chi connectivity index (χ1v) is 14.2. The maximum Gasteiger partial charge on any atom is 0.254 e. The lowest BCUT2D eigenvalue weighted by molar-refractivity contribution is -0.127. The van der Waals surface area contributed by atoms with Crippen LogP contribution < -0.4 is 5.32 Å². The number of carbonyl (C=O) groups is 3. The molecule has 3 aliphatic carbocycles. The Morgan fingerprint density at radius 1 is 1.23 bits per heavy atom. The number of hydrogen-bond acceptors (Lipinski definition) is 5. The number of aromatic nitrogens is 1. The van der Waals surface area contributed by atoms with E-state index in [9.17, 15) is 19.5 Å². The van der Waals surface area contributed by atoms with Crippen molar-refractivity contribution in [3.8, 4) is 0 Å². The summed E-state index contributed by atoms with van der Waals surface area (Å²) in [4.78, 5) is 44.0. The number of rotatable bonds is 6. The minimum atomic E-state index is -0.484. The summed E-state index contributed by atoms with van der Waals surface area (Å²) in [6.07, 6.45) is 7.71. The normalized spacial score (nSPS) is 28.4. The van der Waals surface area contributed by atoms with Crippen LogP contribution in [0.3, 0.4) is 0 Å². The number of fused-ring (bicyclic) bond motifs is 5. The van der Waals surface area contributed by atoms with Gasteiger partial charge in [0, 0.05) is 42.7 Å². The van der Waals surface area contributed by atoms with Crippen LogP contribution in [0.1, 0.15) is 72.9 Å². The Kier molecular flexibility index (Phi) is 7.55. The average Bonchev–Trinajstić information content (AvgIpc) is 3.14. The second-order valence-corrected chi connectivity index (χ2v) is 12.2. The third-order valence-corrected chi connectivity index (χ3v) is 9.53. The number of allylic oxidation sites excluding steroid dienone is 1. The molecule has 7 nitrogen and oxygen atoms in total. The fourth-order valence-corrected chi connectivity index (χ4v) is 7.72. The molecule has 2 aromatic rings. The van der Waals surface area contributed by atoms with E-state index in [1.807, 2.05) is 6.07 Å².